The van der Waals surface area contributed by atoms with Crippen LogP contribution in [0.3, 0.4) is 0 Å². The lowest BCUT2D eigenvalue weighted by atomic mass is 10.00. The van der Waals surface area contributed by atoms with Crippen molar-refractivity contribution in [3.63, 3.8) is 0 Å². The van der Waals surface area contributed by atoms with E-state index in [2.05, 4.69) is 37.2 Å². The van der Waals surface area contributed by atoms with Crippen LogP contribution in [0.15, 0.2) is 66.7 Å². The third-order valence-corrected chi connectivity index (χ3v) is 9.57. The maximum absolute atomic E-state index is 14.3. The summed E-state index contributed by atoms with van der Waals surface area (Å²) in [4.78, 5) is 83.2. The van der Waals surface area contributed by atoms with Crippen LogP contribution in [0.5, 0.6) is 5.75 Å². The van der Waals surface area contributed by atoms with Gasteiger partial charge in [-0.05, 0) is 66.3 Å². The number of nitrogens with two attached hydrogens (primary N) is 1. The zero-order valence-corrected chi connectivity index (χ0v) is 32.4. The summed E-state index contributed by atoms with van der Waals surface area (Å²) in [5.41, 5.74) is 6.80. The summed E-state index contributed by atoms with van der Waals surface area (Å²) in [6.07, 6.45) is 0.798. The minimum atomic E-state index is -1.19. The van der Waals surface area contributed by atoms with Crippen molar-refractivity contribution in [3.05, 3.63) is 77.9 Å². The van der Waals surface area contributed by atoms with Crippen LogP contribution in [0.2, 0.25) is 0 Å². The van der Waals surface area contributed by atoms with Crippen LogP contribution in [0.25, 0.3) is 10.8 Å². The van der Waals surface area contributed by atoms with Crippen molar-refractivity contribution in [2.24, 2.45) is 5.73 Å². The van der Waals surface area contributed by atoms with Gasteiger partial charge in [0.05, 0.1) is 13.1 Å². The van der Waals surface area contributed by atoms with Gasteiger partial charge < -0.3 is 53.0 Å². The second-order valence-corrected chi connectivity index (χ2v) is 13.9. The highest BCUT2D eigenvalue weighted by atomic mass is 16.3. The molecule has 0 aromatic heterocycles. The molecule has 306 valence electrons. The van der Waals surface area contributed by atoms with E-state index in [-0.39, 0.29) is 69.4 Å². The number of likely N-dealkylation sites (N-methyl/N-ethyl adjacent to an activating group) is 2. The Bertz CT molecular complexity index is 1890. The maximum Gasteiger partial charge on any atom is 0.245 e. The smallest absolute Gasteiger partial charge is 0.245 e. The second-order valence-electron chi connectivity index (χ2n) is 13.9. The largest absolute Gasteiger partial charge is 0.508 e. The lowest BCUT2D eigenvalue weighted by molar-refractivity contribution is -0.142. The van der Waals surface area contributed by atoms with E-state index in [9.17, 15) is 33.9 Å². The van der Waals surface area contributed by atoms with Gasteiger partial charge in [0.1, 0.15) is 29.9 Å². The molecule has 3 aromatic rings. The number of hydrogen-bond donors (Lipinski definition) is 10. The second kappa shape index (κ2) is 21.8. The molecule has 0 aliphatic carbocycles. The molecule has 1 aliphatic heterocycles. The highest BCUT2D eigenvalue weighted by Gasteiger charge is 2.35. The Morgan fingerprint density at radius 1 is 0.807 bits per heavy atom. The van der Waals surface area contributed by atoms with Gasteiger partial charge >= 0.3 is 0 Å². The van der Waals surface area contributed by atoms with Gasteiger partial charge in [-0.1, -0.05) is 61.5 Å². The normalized spacial score (nSPS) is 19.7. The number of guanidine groups is 1. The number of nitrogens with one attached hydrogen (secondary N) is 8. The number of rotatable bonds is 15. The Labute approximate surface area is 331 Å². The Hall–Kier alpha value is -6.23. The topological polar surface area (TPSA) is 260 Å². The Kier molecular flexibility index (Phi) is 16.6. The first-order valence-electron chi connectivity index (χ1n) is 19.1. The number of carbonyl (C=O) groups excluding carboxylic acids is 6. The van der Waals surface area contributed by atoms with Crippen molar-refractivity contribution >= 4 is 52.2 Å². The molecule has 0 unspecified atom stereocenters. The average Bonchev–Trinajstić information content (AvgIpc) is 3.19. The Morgan fingerprint density at radius 3 is 2.18 bits per heavy atom. The van der Waals surface area contributed by atoms with Crippen molar-refractivity contribution in [1.82, 2.24) is 42.1 Å². The molecule has 0 spiro atoms. The van der Waals surface area contributed by atoms with E-state index in [1.54, 1.807) is 12.1 Å². The quantitative estimate of drug-likeness (QED) is 0.0537. The van der Waals surface area contributed by atoms with Crippen LogP contribution < -0.4 is 43.0 Å². The number of amides is 6. The zero-order chi connectivity index (χ0) is 41.3. The van der Waals surface area contributed by atoms with E-state index in [0.717, 1.165) is 16.3 Å². The number of benzene rings is 3. The van der Waals surface area contributed by atoms with Crippen LogP contribution >= 0.6 is 0 Å². The minimum Gasteiger partial charge on any atom is -0.508 e. The number of phenols is 1. The van der Waals surface area contributed by atoms with Gasteiger partial charge in [0, 0.05) is 33.0 Å². The van der Waals surface area contributed by atoms with Gasteiger partial charge in [0.25, 0.3) is 0 Å². The average molecular weight is 787 g/mol. The van der Waals surface area contributed by atoms with E-state index >= 15 is 0 Å². The molecule has 6 amide bonds. The van der Waals surface area contributed by atoms with Gasteiger partial charge in [-0.15, -0.1) is 0 Å². The Morgan fingerprint density at radius 2 is 1.46 bits per heavy atom. The first-order chi connectivity index (χ1) is 27.3. The molecule has 17 heteroatoms. The fourth-order valence-corrected chi connectivity index (χ4v) is 6.48. The SMILES string of the molecule is CCNCC(=O)NCCC[C@@H]1C(=O)N[C@@H](CCCNC(=N)N)C(=O)N[C@@H](Cc2ccc3ccccc3c2)C(=O)NCC(=O)N[C@H](Cc2ccc(O)cc2)C(=O)N1C. The molecular weight excluding hydrogens is 733 g/mol. The number of nitrogens with zero attached hydrogens (tertiary/aromatic N) is 1. The standard InChI is InChI=1S/C40H54N10O7/c1-3-43-23-34(52)44-18-7-11-33-38(56)48-30(10-6-19-45-40(41)42)37(55)49-31(22-26-12-15-27-8-4-5-9-28(27)20-26)36(54)46-24-35(53)47-32(39(57)50(33)2)21-25-13-16-29(51)17-14-25/h4-5,8-9,12-17,20,30-33,43,51H,3,6-7,10-11,18-19,21-24H2,1-2H3,(H,44,52)(H,46,54)(H,47,53)(H,48,56)(H,49,55)(H4,41,42,45)/t30-,31-,32+,33+/m0/s1. The molecule has 17 nitrogen and oxygen atoms in total. The molecule has 0 radical (unpaired) electrons. The highest BCUT2D eigenvalue weighted by Crippen LogP contribution is 2.18. The zero-order valence-electron chi connectivity index (χ0n) is 32.4. The van der Waals surface area contributed by atoms with E-state index in [4.69, 9.17) is 11.1 Å². The van der Waals surface area contributed by atoms with Crippen molar-refractivity contribution in [1.29, 1.82) is 5.41 Å². The van der Waals surface area contributed by atoms with Crippen LogP contribution in [0, 0.1) is 5.41 Å². The first-order valence-corrected chi connectivity index (χ1v) is 19.1. The van der Waals surface area contributed by atoms with Crippen molar-refractivity contribution in [3.8, 4) is 5.75 Å². The molecule has 57 heavy (non-hydrogen) atoms. The summed E-state index contributed by atoms with van der Waals surface area (Å²) in [5, 5.41) is 38.6. The summed E-state index contributed by atoms with van der Waals surface area (Å²) in [6.45, 7) is 2.51. The van der Waals surface area contributed by atoms with E-state index < -0.39 is 60.2 Å². The molecule has 1 fully saturated rings. The summed E-state index contributed by atoms with van der Waals surface area (Å²) < 4.78 is 0. The van der Waals surface area contributed by atoms with Gasteiger partial charge in [-0.25, -0.2) is 0 Å². The summed E-state index contributed by atoms with van der Waals surface area (Å²) >= 11 is 0. The summed E-state index contributed by atoms with van der Waals surface area (Å²) in [7, 11) is 1.43. The monoisotopic (exact) mass is 786 g/mol. The van der Waals surface area contributed by atoms with Gasteiger partial charge in [0.15, 0.2) is 5.96 Å². The third kappa shape index (κ3) is 13.8. The molecule has 1 saturated heterocycles. The lowest BCUT2D eigenvalue weighted by Crippen LogP contribution is -2.58. The van der Waals surface area contributed by atoms with Crippen molar-refractivity contribution < 1.29 is 33.9 Å². The minimum absolute atomic E-state index is 0.00559. The predicted molar refractivity (Wildman–Crippen MR) is 215 cm³/mol. The van der Waals surface area contributed by atoms with Crippen LogP contribution in [-0.4, -0.2) is 115 Å². The Balaban J connectivity index is 1.68. The molecule has 1 heterocycles. The molecule has 0 bridgehead atoms. The fourth-order valence-electron chi connectivity index (χ4n) is 6.48. The predicted octanol–water partition coefficient (Wildman–Crippen LogP) is -0.489. The van der Waals surface area contributed by atoms with Gasteiger partial charge in [-0.2, -0.15) is 0 Å². The van der Waals surface area contributed by atoms with Crippen molar-refractivity contribution in [2.45, 2.75) is 69.6 Å². The molecule has 4 atom stereocenters. The molecule has 1 aliphatic rings. The summed E-state index contributed by atoms with van der Waals surface area (Å²) in [5.74, 6) is -3.77. The van der Waals surface area contributed by atoms with Crippen molar-refractivity contribution in [2.75, 3.05) is 39.8 Å². The molecule has 11 N–H and O–H groups in total. The molecule has 4 rings (SSSR count). The molecule has 3 aromatic carbocycles. The number of phenolic OH excluding ortho intramolecular Hbond substituents is 1. The number of carbonyl (C=O) groups is 6. The van der Waals surface area contributed by atoms with Gasteiger partial charge in [-0.3, -0.25) is 34.2 Å². The van der Waals surface area contributed by atoms with Gasteiger partial charge in [0.2, 0.25) is 35.4 Å². The first kappa shape index (κ1) is 43.5. The van der Waals surface area contributed by atoms with Crippen LogP contribution in [-0.2, 0) is 41.6 Å². The number of fused-ring (bicyclic) bond motifs is 1. The third-order valence-electron chi connectivity index (χ3n) is 9.57. The maximum atomic E-state index is 14.3. The highest BCUT2D eigenvalue weighted by molar-refractivity contribution is 5.97. The lowest BCUT2D eigenvalue weighted by Gasteiger charge is -2.32. The van der Waals surface area contributed by atoms with E-state index in [1.807, 2.05) is 49.4 Å². The fraction of sp³-hybridized carbons (Fsp3) is 0.425. The van der Waals surface area contributed by atoms with E-state index in [1.165, 1.54) is 24.1 Å². The molecule has 0 saturated carbocycles. The molecular formula is C40H54N10O7. The summed E-state index contributed by atoms with van der Waals surface area (Å²) in [6, 6.07) is 14.8. The van der Waals surface area contributed by atoms with Crippen LogP contribution in [0.4, 0.5) is 0 Å². The number of aromatic hydroxyl groups is 1. The number of hydrogen-bond acceptors (Lipinski definition) is 9. The van der Waals surface area contributed by atoms with Crippen LogP contribution in [0.1, 0.15) is 43.7 Å². The van der Waals surface area contributed by atoms with E-state index in [0.29, 0.717) is 18.5 Å².